The zero-order valence-electron chi connectivity index (χ0n) is 18.0. The second-order valence-corrected chi connectivity index (χ2v) is 11.8. The highest BCUT2D eigenvalue weighted by atomic mass is 32.2. The zero-order valence-corrected chi connectivity index (χ0v) is 19.6. The first-order chi connectivity index (χ1) is 14.1. The lowest BCUT2D eigenvalue weighted by Gasteiger charge is -2.35. The Labute approximate surface area is 183 Å². The summed E-state index contributed by atoms with van der Waals surface area (Å²) in [5.74, 6) is -0.269. The fourth-order valence-electron chi connectivity index (χ4n) is 3.81. The summed E-state index contributed by atoms with van der Waals surface area (Å²) in [4.78, 5) is 29.3. The van der Waals surface area contributed by atoms with Gasteiger partial charge in [0.05, 0.1) is 6.54 Å². The summed E-state index contributed by atoms with van der Waals surface area (Å²) >= 11 is 1.19. The zero-order chi connectivity index (χ0) is 21.9. The first kappa shape index (κ1) is 23.2. The Kier molecular flexibility index (Phi) is 7.21. The van der Waals surface area contributed by atoms with E-state index in [4.69, 9.17) is 0 Å². The van der Waals surface area contributed by atoms with Crippen LogP contribution in [0, 0.1) is 0 Å². The topological polar surface area (TPSA) is 90.0 Å². The molecule has 3 heterocycles. The minimum atomic E-state index is -3.64. The van der Waals surface area contributed by atoms with Gasteiger partial charge in [0.15, 0.2) is 0 Å². The number of hydrogen-bond donors (Lipinski definition) is 1. The summed E-state index contributed by atoms with van der Waals surface area (Å²) in [5.41, 5.74) is -0.274. The van der Waals surface area contributed by atoms with E-state index in [-0.39, 0.29) is 22.2 Å². The molecule has 2 aliphatic rings. The fourth-order valence-corrected chi connectivity index (χ4v) is 6.69. The van der Waals surface area contributed by atoms with Crippen molar-refractivity contribution in [2.75, 3.05) is 45.8 Å². The standard InChI is InChI=1S/C20H32N4O4S2/c1-20(2,3)21-17(25)15-22-10-12-23(13-11-22)19(26)18-16(7-14-29-18)30(27,28)24-8-5-4-6-9-24/h7,14H,4-6,8-13,15H2,1-3H3,(H,21,25). The van der Waals surface area contributed by atoms with Gasteiger partial charge in [-0.1, -0.05) is 6.42 Å². The Balaban J connectivity index is 1.61. The number of rotatable bonds is 5. The Morgan fingerprint density at radius 3 is 2.27 bits per heavy atom. The predicted octanol–water partition coefficient (Wildman–Crippen LogP) is 1.60. The van der Waals surface area contributed by atoms with Gasteiger partial charge < -0.3 is 10.2 Å². The van der Waals surface area contributed by atoms with Crippen molar-refractivity contribution in [2.45, 2.75) is 50.5 Å². The van der Waals surface area contributed by atoms with Crippen molar-refractivity contribution in [3.8, 4) is 0 Å². The number of nitrogens with one attached hydrogen (secondary N) is 1. The lowest BCUT2D eigenvalue weighted by Crippen LogP contribution is -2.52. The van der Waals surface area contributed by atoms with Crippen molar-refractivity contribution in [1.29, 1.82) is 0 Å². The molecule has 0 aromatic carbocycles. The van der Waals surface area contributed by atoms with Crippen LogP contribution in [0.1, 0.15) is 49.7 Å². The van der Waals surface area contributed by atoms with Crippen LogP contribution in [-0.4, -0.2) is 85.7 Å². The Hall–Kier alpha value is -1.49. The summed E-state index contributed by atoms with van der Waals surface area (Å²) in [6.45, 7) is 9.28. The molecule has 0 bridgehead atoms. The third kappa shape index (κ3) is 5.60. The van der Waals surface area contributed by atoms with E-state index < -0.39 is 10.0 Å². The largest absolute Gasteiger partial charge is 0.350 e. The number of nitrogens with zero attached hydrogens (tertiary/aromatic N) is 3. The van der Waals surface area contributed by atoms with Crippen LogP contribution in [0.5, 0.6) is 0 Å². The molecule has 2 saturated heterocycles. The third-order valence-corrected chi connectivity index (χ3v) is 8.27. The predicted molar refractivity (Wildman–Crippen MR) is 117 cm³/mol. The van der Waals surface area contributed by atoms with Gasteiger partial charge in [-0.05, 0) is 45.1 Å². The lowest BCUT2D eigenvalue weighted by atomic mass is 10.1. The number of carbonyl (C=O) groups is 2. The SMILES string of the molecule is CC(C)(C)NC(=O)CN1CCN(C(=O)c2sccc2S(=O)(=O)N2CCCCC2)CC1. The van der Waals surface area contributed by atoms with E-state index in [2.05, 4.69) is 5.32 Å². The number of hydrogen-bond acceptors (Lipinski definition) is 6. The van der Waals surface area contributed by atoms with Gasteiger partial charge in [-0.25, -0.2) is 8.42 Å². The van der Waals surface area contributed by atoms with Crippen LogP contribution in [0.3, 0.4) is 0 Å². The average molecular weight is 457 g/mol. The van der Waals surface area contributed by atoms with Crippen LogP contribution in [0.15, 0.2) is 16.3 Å². The van der Waals surface area contributed by atoms with Crippen molar-refractivity contribution in [3.05, 3.63) is 16.3 Å². The molecule has 8 nitrogen and oxygen atoms in total. The molecule has 10 heteroatoms. The van der Waals surface area contributed by atoms with Gasteiger partial charge in [-0.3, -0.25) is 14.5 Å². The summed E-state index contributed by atoms with van der Waals surface area (Å²) in [6, 6.07) is 1.55. The molecule has 30 heavy (non-hydrogen) atoms. The Bertz CT molecular complexity index is 862. The molecule has 1 aromatic heterocycles. The minimum Gasteiger partial charge on any atom is -0.350 e. The van der Waals surface area contributed by atoms with Crippen LogP contribution in [0.2, 0.25) is 0 Å². The quantitative estimate of drug-likeness (QED) is 0.727. The smallest absolute Gasteiger partial charge is 0.265 e. The summed E-state index contributed by atoms with van der Waals surface area (Å²) < 4.78 is 27.6. The van der Waals surface area contributed by atoms with Crippen LogP contribution < -0.4 is 5.32 Å². The molecule has 1 N–H and O–H groups in total. The second kappa shape index (κ2) is 9.33. The summed E-state index contributed by atoms with van der Waals surface area (Å²) in [6.07, 6.45) is 2.76. The monoisotopic (exact) mass is 456 g/mol. The minimum absolute atomic E-state index is 0.0320. The van der Waals surface area contributed by atoms with E-state index in [0.717, 1.165) is 19.3 Å². The molecule has 0 aliphatic carbocycles. The van der Waals surface area contributed by atoms with Crippen LogP contribution >= 0.6 is 11.3 Å². The van der Waals surface area contributed by atoms with E-state index >= 15 is 0 Å². The molecule has 2 fully saturated rings. The van der Waals surface area contributed by atoms with E-state index in [1.807, 2.05) is 25.7 Å². The van der Waals surface area contributed by atoms with E-state index in [1.165, 1.54) is 15.6 Å². The fraction of sp³-hybridized carbons (Fsp3) is 0.700. The van der Waals surface area contributed by atoms with Gasteiger partial charge in [-0.15, -0.1) is 11.3 Å². The molecule has 0 unspecified atom stereocenters. The van der Waals surface area contributed by atoms with Crippen molar-refractivity contribution >= 4 is 33.2 Å². The lowest BCUT2D eigenvalue weighted by molar-refractivity contribution is -0.124. The first-order valence-corrected chi connectivity index (χ1v) is 12.8. The highest BCUT2D eigenvalue weighted by molar-refractivity contribution is 7.89. The van der Waals surface area contributed by atoms with Crippen LogP contribution in [-0.2, 0) is 14.8 Å². The van der Waals surface area contributed by atoms with Gasteiger partial charge >= 0.3 is 0 Å². The number of piperazine rings is 1. The average Bonchev–Trinajstić information content (AvgIpc) is 3.18. The number of sulfonamides is 1. The number of carbonyl (C=O) groups excluding carboxylic acids is 2. The maximum atomic E-state index is 13.1. The number of thiophene rings is 1. The molecule has 168 valence electrons. The van der Waals surface area contributed by atoms with E-state index in [9.17, 15) is 18.0 Å². The van der Waals surface area contributed by atoms with Gasteiger partial charge in [0.1, 0.15) is 9.77 Å². The molecule has 3 rings (SSSR count). The Morgan fingerprint density at radius 1 is 1.03 bits per heavy atom. The Morgan fingerprint density at radius 2 is 1.67 bits per heavy atom. The summed E-state index contributed by atoms with van der Waals surface area (Å²) in [5, 5.41) is 4.62. The maximum absolute atomic E-state index is 13.1. The van der Waals surface area contributed by atoms with Gasteiger partial charge in [0.2, 0.25) is 15.9 Å². The molecule has 0 saturated carbocycles. The van der Waals surface area contributed by atoms with Crippen molar-refractivity contribution in [3.63, 3.8) is 0 Å². The maximum Gasteiger partial charge on any atom is 0.265 e. The van der Waals surface area contributed by atoms with Crippen molar-refractivity contribution < 1.29 is 18.0 Å². The summed E-state index contributed by atoms with van der Waals surface area (Å²) in [7, 11) is -3.64. The number of piperidine rings is 1. The normalized spacial score (nSPS) is 19.6. The van der Waals surface area contributed by atoms with Gasteiger partial charge in [-0.2, -0.15) is 4.31 Å². The molecular formula is C20H32N4O4S2. The molecule has 0 atom stereocenters. The van der Waals surface area contributed by atoms with Gasteiger partial charge in [0.25, 0.3) is 5.91 Å². The van der Waals surface area contributed by atoms with Gasteiger partial charge in [0, 0.05) is 44.8 Å². The third-order valence-electron chi connectivity index (χ3n) is 5.30. The molecular weight excluding hydrogens is 424 g/mol. The molecule has 0 radical (unpaired) electrons. The first-order valence-electron chi connectivity index (χ1n) is 10.5. The van der Waals surface area contributed by atoms with E-state index in [0.29, 0.717) is 50.7 Å². The van der Waals surface area contributed by atoms with Crippen LogP contribution in [0.25, 0.3) is 0 Å². The molecule has 2 amide bonds. The van der Waals surface area contributed by atoms with Crippen molar-refractivity contribution in [2.24, 2.45) is 0 Å². The van der Waals surface area contributed by atoms with Crippen molar-refractivity contribution in [1.82, 2.24) is 19.4 Å². The molecule has 1 aromatic rings. The molecule has 0 spiro atoms. The number of amides is 2. The second-order valence-electron chi connectivity index (χ2n) is 8.95. The van der Waals surface area contributed by atoms with Crippen LogP contribution in [0.4, 0.5) is 0 Å². The van der Waals surface area contributed by atoms with E-state index in [1.54, 1.807) is 16.3 Å². The highest BCUT2D eigenvalue weighted by Gasteiger charge is 2.33. The molecule has 2 aliphatic heterocycles. The highest BCUT2D eigenvalue weighted by Crippen LogP contribution is 2.28.